The van der Waals surface area contributed by atoms with E-state index in [1.807, 2.05) is 0 Å². The predicted molar refractivity (Wildman–Crippen MR) is 74.2 cm³/mol. The average Bonchev–Trinajstić information content (AvgIpc) is 2.69. The van der Waals surface area contributed by atoms with Gasteiger partial charge in [0.2, 0.25) is 0 Å². The van der Waals surface area contributed by atoms with E-state index in [1.54, 1.807) is 19.1 Å². The van der Waals surface area contributed by atoms with Crippen LogP contribution in [0.15, 0.2) is 27.6 Å². The number of nitrogens with one attached hydrogen (secondary N) is 1. The number of hydrogen-bond donors (Lipinski definition) is 2. The van der Waals surface area contributed by atoms with E-state index < -0.39 is 10.0 Å². The normalized spacial score (nSPS) is 11.3. The summed E-state index contributed by atoms with van der Waals surface area (Å²) in [4.78, 5) is 0.0157. The van der Waals surface area contributed by atoms with Gasteiger partial charge < -0.3 is 15.0 Å². The van der Waals surface area contributed by atoms with Crippen LogP contribution in [0.2, 0.25) is 0 Å². The summed E-state index contributed by atoms with van der Waals surface area (Å²) in [5.74, 6) is 0.590. The largest absolute Gasteiger partial charge is 0.495 e. The lowest BCUT2D eigenvalue weighted by Crippen LogP contribution is -2.15. The van der Waals surface area contributed by atoms with Crippen LogP contribution >= 0.6 is 0 Å². The number of hydrogen-bond acceptors (Lipinski definition) is 6. The lowest BCUT2D eigenvalue weighted by Gasteiger charge is -2.12. The van der Waals surface area contributed by atoms with E-state index >= 15 is 0 Å². The fraction of sp³-hybridized carbons (Fsp3) is 0.250. The molecule has 0 fully saturated rings. The Morgan fingerprint density at radius 1 is 1.35 bits per heavy atom. The first-order valence-electron chi connectivity index (χ1n) is 5.74. The molecule has 0 spiro atoms. The SMILES string of the molecule is COc1ccc(N)cc1NS(=O)(=O)c1c(C)noc1C. The van der Waals surface area contributed by atoms with Crippen molar-refractivity contribution in [1.82, 2.24) is 5.16 Å². The Labute approximate surface area is 116 Å². The van der Waals surface area contributed by atoms with Gasteiger partial charge in [-0.05, 0) is 32.0 Å². The predicted octanol–water partition coefficient (Wildman–Crippen LogP) is 1.68. The van der Waals surface area contributed by atoms with Crippen molar-refractivity contribution in [2.24, 2.45) is 0 Å². The molecule has 0 amide bonds. The molecule has 0 aliphatic rings. The van der Waals surface area contributed by atoms with Crippen molar-refractivity contribution in [3.63, 3.8) is 0 Å². The molecule has 0 radical (unpaired) electrons. The quantitative estimate of drug-likeness (QED) is 0.831. The molecule has 0 saturated carbocycles. The molecule has 0 saturated heterocycles. The number of benzene rings is 1. The highest BCUT2D eigenvalue weighted by molar-refractivity contribution is 7.92. The molecule has 1 aromatic carbocycles. The Kier molecular flexibility index (Phi) is 3.58. The third kappa shape index (κ3) is 2.55. The first kappa shape index (κ1) is 14.2. The second-order valence-corrected chi connectivity index (χ2v) is 5.84. The van der Waals surface area contributed by atoms with Crippen LogP contribution in [0.25, 0.3) is 0 Å². The summed E-state index contributed by atoms with van der Waals surface area (Å²) in [6.07, 6.45) is 0. The van der Waals surface area contributed by atoms with Gasteiger partial charge in [-0.1, -0.05) is 5.16 Å². The lowest BCUT2D eigenvalue weighted by molar-refractivity contribution is 0.390. The van der Waals surface area contributed by atoms with E-state index in [4.69, 9.17) is 15.0 Å². The van der Waals surface area contributed by atoms with Crippen LogP contribution < -0.4 is 15.2 Å². The monoisotopic (exact) mass is 297 g/mol. The fourth-order valence-electron chi connectivity index (χ4n) is 1.86. The number of aromatic nitrogens is 1. The van der Waals surface area contributed by atoms with Gasteiger partial charge in [-0.2, -0.15) is 0 Å². The summed E-state index contributed by atoms with van der Waals surface area (Å²) in [5.41, 5.74) is 6.62. The van der Waals surface area contributed by atoms with Crippen molar-refractivity contribution in [2.45, 2.75) is 18.7 Å². The molecular formula is C12H15N3O4S. The van der Waals surface area contributed by atoms with Crippen LogP contribution in [0, 0.1) is 13.8 Å². The molecule has 0 atom stereocenters. The standard InChI is InChI=1S/C12H15N3O4S/c1-7-12(8(2)19-14-7)20(16,17)15-10-6-9(13)4-5-11(10)18-3/h4-6,15H,13H2,1-3H3. The van der Waals surface area contributed by atoms with Gasteiger partial charge in [0, 0.05) is 5.69 Å². The molecule has 2 rings (SSSR count). The molecular weight excluding hydrogens is 282 g/mol. The number of nitrogens with zero attached hydrogens (tertiary/aromatic N) is 1. The second kappa shape index (κ2) is 5.04. The number of anilines is 2. The minimum absolute atomic E-state index is 0.0157. The summed E-state index contributed by atoms with van der Waals surface area (Å²) < 4.78 is 37.2. The summed E-state index contributed by atoms with van der Waals surface area (Å²) in [6.45, 7) is 3.09. The molecule has 20 heavy (non-hydrogen) atoms. The fourth-order valence-corrected chi connectivity index (χ4v) is 3.25. The molecule has 3 N–H and O–H groups in total. The maximum absolute atomic E-state index is 12.4. The van der Waals surface area contributed by atoms with E-state index in [0.717, 1.165) is 0 Å². The highest BCUT2D eigenvalue weighted by Gasteiger charge is 2.25. The van der Waals surface area contributed by atoms with Crippen molar-refractivity contribution in [3.05, 3.63) is 29.7 Å². The first-order chi connectivity index (χ1) is 9.35. The van der Waals surface area contributed by atoms with Crippen LogP contribution in [-0.4, -0.2) is 20.7 Å². The van der Waals surface area contributed by atoms with Crippen LogP contribution in [-0.2, 0) is 10.0 Å². The van der Waals surface area contributed by atoms with Crippen LogP contribution in [0.1, 0.15) is 11.5 Å². The van der Waals surface area contributed by atoms with E-state index in [0.29, 0.717) is 11.4 Å². The number of nitrogen functional groups attached to an aromatic ring is 1. The number of ether oxygens (including phenoxy) is 1. The smallest absolute Gasteiger partial charge is 0.267 e. The Balaban J connectivity index is 2.46. The second-order valence-electron chi connectivity index (χ2n) is 4.22. The van der Waals surface area contributed by atoms with Gasteiger partial charge in [0.15, 0.2) is 10.7 Å². The van der Waals surface area contributed by atoms with Crippen molar-refractivity contribution in [1.29, 1.82) is 0 Å². The maximum atomic E-state index is 12.4. The summed E-state index contributed by atoms with van der Waals surface area (Å²) in [6, 6.07) is 4.68. The van der Waals surface area contributed by atoms with E-state index in [9.17, 15) is 8.42 Å². The minimum Gasteiger partial charge on any atom is -0.495 e. The Morgan fingerprint density at radius 2 is 2.05 bits per heavy atom. The van der Waals surface area contributed by atoms with Crippen molar-refractivity contribution in [3.8, 4) is 5.75 Å². The first-order valence-corrected chi connectivity index (χ1v) is 7.22. The Hall–Kier alpha value is -2.22. The van der Waals surface area contributed by atoms with Gasteiger partial charge in [0.05, 0.1) is 12.8 Å². The van der Waals surface area contributed by atoms with Crippen molar-refractivity contribution in [2.75, 3.05) is 17.6 Å². The number of nitrogens with two attached hydrogens (primary N) is 1. The van der Waals surface area contributed by atoms with Crippen LogP contribution in [0.4, 0.5) is 11.4 Å². The van der Waals surface area contributed by atoms with Gasteiger partial charge in [0.1, 0.15) is 11.4 Å². The van der Waals surface area contributed by atoms with Gasteiger partial charge in [-0.3, -0.25) is 4.72 Å². The van der Waals surface area contributed by atoms with Crippen LogP contribution in [0.3, 0.4) is 0 Å². The zero-order valence-electron chi connectivity index (χ0n) is 11.3. The molecule has 7 nitrogen and oxygen atoms in total. The zero-order valence-corrected chi connectivity index (χ0v) is 12.1. The molecule has 0 bridgehead atoms. The summed E-state index contributed by atoms with van der Waals surface area (Å²) >= 11 is 0. The molecule has 0 unspecified atom stereocenters. The Morgan fingerprint density at radius 3 is 2.60 bits per heavy atom. The number of methoxy groups -OCH3 is 1. The molecule has 0 aliphatic carbocycles. The Bertz CT molecular complexity index is 718. The molecule has 8 heteroatoms. The van der Waals surface area contributed by atoms with Crippen LogP contribution in [0.5, 0.6) is 5.75 Å². The molecule has 108 valence electrons. The van der Waals surface area contributed by atoms with E-state index in [-0.39, 0.29) is 22.0 Å². The highest BCUT2D eigenvalue weighted by atomic mass is 32.2. The molecule has 0 aliphatic heterocycles. The van der Waals surface area contributed by atoms with E-state index in [1.165, 1.54) is 20.1 Å². The average molecular weight is 297 g/mol. The van der Waals surface area contributed by atoms with E-state index in [2.05, 4.69) is 9.88 Å². The van der Waals surface area contributed by atoms with Crippen molar-refractivity contribution >= 4 is 21.4 Å². The zero-order chi connectivity index (χ0) is 14.9. The van der Waals surface area contributed by atoms with Crippen molar-refractivity contribution < 1.29 is 17.7 Å². The minimum atomic E-state index is -3.82. The third-order valence-electron chi connectivity index (χ3n) is 2.70. The molecule has 1 aromatic heterocycles. The third-order valence-corrected chi connectivity index (χ3v) is 4.31. The maximum Gasteiger partial charge on any atom is 0.267 e. The number of sulfonamides is 1. The number of aryl methyl sites for hydroxylation is 2. The van der Waals surface area contributed by atoms with Gasteiger partial charge in [0.25, 0.3) is 10.0 Å². The summed E-state index contributed by atoms with van der Waals surface area (Å²) in [5, 5.41) is 3.63. The van der Waals surface area contributed by atoms with Gasteiger partial charge in [-0.15, -0.1) is 0 Å². The number of rotatable bonds is 4. The molecule has 1 heterocycles. The lowest BCUT2D eigenvalue weighted by atomic mass is 10.2. The van der Waals surface area contributed by atoms with Gasteiger partial charge in [-0.25, -0.2) is 8.42 Å². The summed E-state index contributed by atoms with van der Waals surface area (Å²) in [7, 11) is -2.38. The van der Waals surface area contributed by atoms with Gasteiger partial charge >= 0.3 is 0 Å². The molecule has 2 aromatic rings. The highest BCUT2D eigenvalue weighted by Crippen LogP contribution is 2.30. The topological polar surface area (TPSA) is 107 Å².